The highest BCUT2D eigenvalue weighted by atomic mass is 15.0. The molecule has 4 heteroatoms. The largest absolute Gasteiger partial charge is 0.396 e. The summed E-state index contributed by atoms with van der Waals surface area (Å²) in [7, 11) is 0. The Bertz CT molecular complexity index is 491. The number of nitrogens with one attached hydrogen (secondary N) is 1. The van der Waals surface area contributed by atoms with Crippen molar-refractivity contribution in [1.29, 1.82) is 5.26 Å². The average molecular weight is 242 g/mol. The Kier molecular flexibility index (Phi) is 2.83. The van der Waals surface area contributed by atoms with Gasteiger partial charge in [-0.1, -0.05) is 6.42 Å². The van der Waals surface area contributed by atoms with Crippen LogP contribution in [0, 0.1) is 29.1 Å². The lowest BCUT2D eigenvalue weighted by Gasteiger charge is -2.22. The molecule has 0 aliphatic heterocycles. The summed E-state index contributed by atoms with van der Waals surface area (Å²) in [4.78, 5) is 4.22. The molecule has 1 aromatic rings. The highest BCUT2D eigenvalue weighted by molar-refractivity contribution is 5.54. The number of hydrogen-bond donors (Lipinski definition) is 2. The lowest BCUT2D eigenvalue weighted by atomic mass is 9.89. The lowest BCUT2D eigenvalue weighted by Crippen LogP contribution is -2.20. The molecule has 2 aliphatic rings. The van der Waals surface area contributed by atoms with Gasteiger partial charge in [0.1, 0.15) is 11.9 Å². The van der Waals surface area contributed by atoms with Crippen LogP contribution in [-0.2, 0) is 0 Å². The molecule has 0 aromatic carbocycles. The number of anilines is 2. The van der Waals surface area contributed by atoms with Crippen molar-refractivity contribution in [2.45, 2.75) is 25.7 Å². The van der Waals surface area contributed by atoms with Crippen molar-refractivity contribution in [3.63, 3.8) is 0 Å². The third kappa shape index (κ3) is 2.01. The maximum Gasteiger partial charge on any atom is 0.165 e. The summed E-state index contributed by atoms with van der Waals surface area (Å²) >= 11 is 0. The number of nitrogens with zero attached hydrogens (tertiary/aromatic N) is 2. The molecule has 4 nitrogen and oxygen atoms in total. The van der Waals surface area contributed by atoms with Gasteiger partial charge in [-0.3, -0.25) is 0 Å². The topological polar surface area (TPSA) is 74.7 Å². The number of hydrogen-bond acceptors (Lipinski definition) is 4. The molecule has 2 bridgehead atoms. The fourth-order valence-electron chi connectivity index (χ4n) is 3.52. The first-order valence-corrected chi connectivity index (χ1v) is 6.66. The molecule has 1 aromatic heterocycles. The molecular formula is C14H18N4. The smallest absolute Gasteiger partial charge is 0.165 e. The Hall–Kier alpha value is -1.76. The Morgan fingerprint density at radius 2 is 2.28 bits per heavy atom. The molecule has 3 rings (SSSR count). The number of fused-ring (bicyclic) bond motifs is 2. The van der Waals surface area contributed by atoms with Crippen molar-refractivity contribution in [2.24, 2.45) is 17.8 Å². The van der Waals surface area contributed by atoms with Crippen LogP contribution < -0.4 is 11.1 Å². The molecule has 3 atom stereocenters. The fraction of sp³-hybridized carbons (Fsp3) is 0.571. The first-order valence-electron chi connectivity index (χ1n) is 6.66. The normalized spacial score (nSPS) is 29.2. The van der Waals surface area contributed by atoms with Crippen LogP contribution in [0.25, 0.3) is 0 Å². The summed E-state index contributed by atoms with van der Waals surface area (Å²) in [6.45, 7) is 0.975. The number of rotatable bonds is 3. The van der Waals surface area contributed by atoms with E-state index in [0.717, 1.165) is 30.1 Å². The molecule has 2 saturated carbocycles. The zero-order chi connectivity index (χ0) is 12.5. The number of nitriles is 1. The van der Waals surface area contributed by atoms with E-state index in [9.17, 15) is 0 Å². The van der Waals surface area contributed by atoms with Crippen LogP contribution in [0.5, 0.6) is 0 Å². The monoisotopic (exact) mass is 242 g/mol. The lowest BCUT2D eigenvalue weighted by molar-refractivity contribution is 0.348. The van der Waals surface area contributed by atoms with Crippen LogP contribution in [-0.4, -0.2) is 11.5 Å². The predicted molar refractivity (Wildman–Crippen MR) is 70.8 cm³/mol. The second-order valence-electron chi connectivity index (χ2n) is 5.56. The predicted octanol–water partition coefficient (Wildman–Crippen LogP) is 2.38. The van der Waals surface area contributed by atoms with Gasteiger partial charge in [-0.15, -0.1) is 0 Å². The molecule has 2 fully saturated rings. The summed E-state index contributed by atoms with van der Waals surface area (Å²) in [5.41, 5.74) is 6.41. The van der Waals surface area contributed by atoms with Crippen molar-refractivity contribution >= 4 is 11.5 Å². The summed E-state index contributed by atoms with van der Waals surface area (Å²) in [6, 6.07) is 5.61. The van der Waals surface area contributed by atoms with Crippen molar-refractivity contribution in [3.8, 4) is 6.07 Å². The van der Waals surface area contributed by atoms with Gasteiger partial charge in [-0.2, -0.15) is 5.26 Å². The first-order chi connectivity index (χ1) is 8.76. The van der Waals surface area contributed by atoms with E-state index in [1.165, 1.54) is 25.7 Å². The van der Waals surface area contributed by atoms with Crippen molar-refractivity contribution in [2.75, 3.05) is 17.6 Å². The van der Waals surface area contributed by atoms with Gasteiger partial charge >= 0.3 is 0 Å². The van der Waals surface area contributed by atoms with Gasteiger partial charge in [0.15, 0.2) is 5.69 Å². The maximum atomic E-state index is 8.89. The van der Waals surface area contributed by atoms with E-state index in [-0.39, 0.29) is 0 Å². The first kappa shape index (κ1) is 11.3. The Morgan fingerprint density at radius 3 is 2.94 bits per heavy atom. The molecule has 3 N–H and O–H groups in total. The summed E-state index contributed by atoms with van der Waals surface area (Å²) in [6.07, 6.45) is 5.61. The molecule has 0 saturated heterocycles. The van der Waals surface area contributed by atoms with Crippen LogP contribution in [0.2, 0.25) is 0 Å². The van der Waals surface area contributed by atoms with Gasteiger partial charge in [-0.25, -0.2) is 4.98 Å². The maximum absolute atomic E-state index is 8.89. The van der Waals surface area contributed by atoms with E-state index in [1.807, 2.05) is 12.1 Å². The minimum atomic E-state index is 0.313. The van der Waals surface area contributed by atoms with Crippen LogP contribution in [0.3, 0.4) is 0 Å². The van der Waals surface area contributed by atoms with Crippen LogP contribution in [0.4, 0.5) is 11.5 Å². The Balaban J connectivity index is 1.62. The summed E-state index contributed by atoms with van der Waals surface area (Å²) in [5.74, 6) is 3.43. The van der Waals surface area contributed by atoms with Crippen LogP contribution in [0.1, 0.15) is 31.4 Å². The average Bonchev–Trinajstić information content (AvgIpc) is 3.00. The van der Waals surface area contributed by atoms with Gasteiger partial charge in [0.2, 0.25) is 0 Å². The van der Waals surface area contributed by atoms with E-state index < -0.39 is 0 Å². The molecule has 18 heavy (non-hydrogen) atoms. The molecule has 0 spiro atoms. The minimum absolute atomic E-state index is 0.313. The zero-order valence-electron chi connectivity index (χ0n) is 10.4. The number of nitrogen functional groups attached to an aromatic ring is 1. The fourth-order valence-corrected chi connectivity index (χ4v) is 3.52. The summed E-state index contributed by atoms with van der Waals surface area (Å²) in [5, 5.41) is 12.2. The highest BCUT2D eigenvalue weighted by Gasteiger charge is 2.39. The van der Waals surface area contributed by atoms with Crippen LogP contribution in [0.15, 0.2) is 12.1 Å². The van der Waals surface area contributed by atoms with E-state index in [4.69, 9.17) is 11.0 Å². The van der Waals surface area contributed by atoms with E-state index in [2.05, 4.69) is 10.3 Å². The molecule has 0 radical (unpaired) electrons. The van der Waals surface area contributed by atoms with Crippen molar-refractivity contribution in [1.82, 2.24) is 4.98 Å². The van der Waals surface area contributed by atoms with Gasteiger partial charge in [0.05, 0.1) is 5.69 Å². The quantitative estimate of drug-likeness (QED) is 0.853. The third-order valence-corrected chi connectivity index (χ3v) is 4.46. The van der Waals surface area contributed by atoms with Gasteiger partial charge in [0.25, 0.3) is 0 Å². The molecule has 0 amide bonds. The molecular weight excluding hydrogens is 224 g/mol. The highest BCUT2D eigenvalue weighted by Crippen LogP contribution is 2.48. The Morgan fingerprint density at radius 1 is 1.39 bits per heavy atom. The van der Waals surface area contributed by atoms with Crippen LogP contribution >= 0.6 is 0 Å². The van der Waals surface area contributed by atoms with Gasteiger partial charge in [-0.05, 0) is 49.1 Å². The molecule has 2 aliphatic carbocycles. The van der Waals surface area contributed by atoms with Gasteiger partial charge < -0.3 is 11.1 Å². The van der Waals surface area contributed by atoms with E-state index >= 15 is 0 Å². The van der Waals surface area contributed by atoms with E-state index in [0.29, 0.717) is 11.4 Å². The van der Waals surface area contributed by atoms with Gasteiger partial charge in [0, 0.05) is 6.54 Å². The summed E-state index contributed by atoms with van der Waals surface area (Å²) < 4.78 is 0. The molecule has 94 valence electrons. The number of pyridine rings is 1. The van der Waals surface area contributed by atoms with Crippen molar-refractivity contribution < 1.29 is 0 Å². The zero-order valence-corrected chi connectivity index (χ0v) is 10.4. The number of nitrogens with two attached hydrogens (primary N) is 1. The second-order valence-corrected chi connectivity index (χ2v) is 5.56. The van der Waals surface area contributed by atoms with E-state index in [1.54, 1.807) is 6.07 Å². The standard InChI is InChI=1S/C14H18N4/c15-7-13-12(16)3-4-14(18-13)17-8-11-6-9-1-2-10(11)5-9/h3-4,9-11H,1-2,5-6,8,16H2,(H,17,18). The second kappa shape index (κ2) is 4.49. The van der Waals surface area contributed by atoms with Crippen molar-refractivity contribution in [3.05, 3.63) is 17.8 Å². The SMILES string of the molecule is N#Cc1nc(NCC2CC3CCC2C3)ccc1N. The number of aromatic nitrogens is 1. The Labute approximate surface area is 107 Å². The molecule has 3 unspecified atom stereocenters. The minimum Gasteiger partial charge on any atom is -0.396 e. The molecule has 1 heterocycles. The third-order valence-electron chi connectivity index (χ3n) is 4.46.